The molecule has 0 radical (unpaired) electrons. The number of ketones is 1. The van der Waals surface area contributed by atoms with E-state index in [1.807, 2.05) is 0 Å². The van der Waals surface area contributed by atoms with E-state index in [9.17, 15) is 9.90 Å². The van der Waals surface area contributed by atoms with Crippen LogP contribution in [0.3, 0.4) is 0 Å². The summed E-state index contributed by atoms with van der Waals surface area (Å²) in [6, 6.07) is 0. The molecule has 0 aromatic carbocycles. The fraction of sp³-hybridized carbons (Fsp3) is 0.833. The quantitative estimate of drug-likeness (QED) is 0.459. The molecule has 2 heteroatoms. The van der Waals surface area contributed by atoms with Crippen molar-refractivity contribution in [3.05, 3.63) is 23.3 Å². The summed E-state index contributed by atoms with van der Waals surface area (Å²) in [6.07, 6.45) is 13.1. The molecule has 3 fully saturated rings. The maximum absolute atomic E-state index is 12.8. The number of aliphatic hydroxyl groups is 1. The lowest BCUT2D eigenvalue weighted by Gasteiger charge is -2.63. The maximum Gasteiger partial charge on any atom is 0.138 e. The van der Waals surface area contributed by atoms with E-state index in [1.165, 1.54) is 18.4 Å². The van der Waals surface area contributed by atoms with E-state index in [4.69, 9.17) is 0 Å². The molecule has 4 rings (SSSR count). The van der Waals surface area contributed by atoms with Crippen LogP contribution in [0.25, 0.3) is 0 Å². The Morgan fingerprint density at radius 3 is 2.53 bits per heavy atom. The Labute approximate surface area is 197 Å². The summed E-state index contributed by atoms with van der Waals surface area (Å²) in [5.74, 6) is 2.38. The number of hydrogen-bond acceptors (Lipinski definition) is 2. The largest absolute Gasteiger partial charge is 0.393 e. The molecule has 0 unspecified atom stereocenters. The zero-order valence-corrected chi connectivity index (χ0v) is 22.1. The summed E-state index contributed by atoms with van der Waals surface area (Å²) in [5.41, 5.74) is 3.27. The summed E-state index contributed by atoms with van der Waals surface area (Å²) in [6.45, 7) is 18.6. The number of hydrogen-bond donors (Lipinski definition) is 1. The molecule has 0 aliphatic heterocycles. The highest BCUT2D eigenvalue weighted by Gasteiger charge is 2.67. The summed E-state index contributed by atoms with van der Waals surface area (Å²) in [5, 5.41) is 11.4. The molecule has 1 N–H and O–H groups in total. The molecule has 3 saturated carbocycles. The van der Waals surface area contributed by atoms with Crippen molar-refractivity contribution in [2.45, 2.75) is 113 Å². The van der Waals surface area contributed by atoms with Crippen molar-refractivity contribution in [2.75, 3.05) is 0 Å². The first-order valence-electron chi connectivity index (χ1n) is 13.3. The Morgan fingerprint density at radius 2 is 1.88 bits per heavy atom. The van der Waals surface area contributed by atoms with Gasteiger partial charge in [0.2, 0.25) is 0 Å². The van der Waals surface area contributed by atoms with Gasteiger partial charge in [-0.2, -0.15) is 0 Å². The molecule has 0 bridgehead atoms. The van der Waals surface area contributed by atoms with E-state index in [0.717, 1.165) is 38.5 Å². The number of Topliss-reactive ketones (excluding diaryl/α,β-unsaturated/α-hetero) is 1. The van der Waals surface area contributed by atoms with Crippen LogP contribution in [0.2, 0.25) is 0 Å². The van der Waals surface area contributed by atoms with Crippen LogP contribution in [0.4, 0.5) is 0 Å². The molecule has 32 heavy (non-hydrogen) atoms. The van der Waals surface area contributed by atoms with Crippen molar-refractivity contribution in [3.63, 3.8) is 0 Å². The van der Waals surface area contributed by atoms with Crippen molar-refractivity contribution in [2.24, 2.45) is 45.3 Å². The van der Waals surface area contributed by atoms with Gasteiger partial charge in [-0.05, 0) is 98.7 Å². The van der Waals surface area contributed by atoms with Crippen LogP contribution in [-0.2, 0) is 4.79 Å². The second kappa shape index (κ2) is 7.82. The molecule has 0 aromatic rings. The second-order valence-corrected chi connectivity index (χ2v) is 13.6. The SMILES string of the molecule is CC(C)=CCC[C@@H](C)[C@H]1[C@@H](O)C[C@]2(C)C3=CC[C@H]4C(C)(C)C(=O)CC[C@]4(C)[C@H]3CC[C@@]12C. The van der Waals surface area contributed by atoms with Gasteiger partial charge in [-0.15, -0.1) is 0 Å². The van der Waals surface area contributed by atoms with E-state index in [1.54, 1.807) is 5.57 Å². The lowest BCUT2D eigenvalue weighted by Crippen LogP contribution is -2.57. The Morgan fingerprint density at radius 1 is 1.19 bits per heavy atom. The third kappa shape index (κ3) is 3.25. The maximum atomic E-state index is 12.8. The molecule has 0 heterocycles. The van der Waals surface area contributed by atoms with Crippen LogP contribution in [0.5, 0.6) is 0 Å². The highest BCUT2D eigenvalue weighted by atomic mass is 16.3. The zero-order valence-electron chi connectivity index (χ0n) is 22.1. The molecule has 4 aliphatic carbocycles. The predicted molar refractivity (Wildman–Crippen MR) is 133 cm³/mol. The molecular weight excluding hydrogens is 392 g/mol. The van der Waals surface area contributed by atoms with Crippen molar-refractivity contribution in [1.29, 1.82) is 0 Å². The van der Waals surface area contributed by atoms with Gasteiger partial charge in [-0.25, -0.2) is 0 Å². The Bertz CT molecular complexity index is 830. The molecule has 0 amide bonds. The van der Waals surface area contributed by atoms with Crippen molar-refractivity contribution >= 4 is 5.78 Å². The van der Waals surface area contributed by atoms with E-state index < -0.39 is 0 Å². The van der Waals surface area contributed by atoms with E-state index >= 15 is 0 Å². The Balaban J connectivity index is 1.67. The van der Waals surface area contributed by atoms with Gasteiger partial charge in [0.1, 0.15) is 5.78 Å². The van der Waals surface area contributed by atoms with Gasteiger partial charge in [0.05, 0.1) is 6.10 Å². The van der Waals surface area contributed by atoms with Gasteiger partial charge in [0.15, 0.2) is 0 Å². The Hall–Kier alpha value is -0.890. The molecule has 2 nitrogen and oxygen atoms in total. The van der Waals surface area contributed by atoms with Crippen LogP contribution >= 0.6 is 0 Å². The van der Waals surface area contributed by atoms with Crippen LogP contribution in [0.15, 0.2) is 23.3 Å². The van der Waals surface area contributed by atoms with Crippen LogP contribution in [0, 0.1) is 45.3 Å². The van der Waals surface area contributed by atoms with E-state index in [0.29, 0.717) is 29.5 Å². The normalized spacial score (nSPS) is 45.9. The topological polar surface area (TPSA) is 37.3 Å². The van der Waals surface area contributed by atoms with Crippen molar-refractivity contribution < 1.29 is 9.90 Å². The first-order chi connectivity index (χ1) is 14.8. The molecular formula is C30H48O2. The predicted octanol–water partition coefficient (Wildman–Crippen LogP) is 7.51. The summed E-state index contributed by atoms with van der Waals surface area (Å²) in [7, 11) is 0. The zero-order chi connectivity index (χ0) is 23.7. The van der Waals surface area contributed by atoms with Gasteiger partial charge in [-0.1, -0.05) is 64.8 Å². The van der Waals surface area contributed by atoms with Gasteiger partial charge >= 0.3 is 0 Å². The standard InChI is InChI=1S/C30H48O2/c1-19(2)10-9-11-20(3)26-23(31)18-30(8)22-12-13-24-27(4,5)25(32)15-16-28(24,6)21(22)14-17-29(26,30)7/h10,12,20-21,23-24,26,31H,9,11,13-18H2,1-8H3/t20-,21+,23+,24+,26+,28-,29+,30-/m1/s1. The monoisotopic (exact) mass is 440 g/mol. The molecule has 180 valence electrons. The smallest absolute Gasteiger partial charge is 0.138 e. The third-order valence-electron chi connectivity index (χ3n) is 11.4. The average Bonchev–Trinajstić information content (AvgIpc) is 2.90. The highest BCUT2D eigenvalue weighted by Crippen LogP contribution is 2.73. The first kappa shape index (κ1) is 24.2. The number of aliphatic hydroxyl groups excluding tert-OH is 1. The van der Waals surface area contributed by atoms with Gasteiger partial charge in [0.25, 0.3) is 0 Å². The number of rotatable bonds is 4. The summed E-state index contributed by atoms with van der Waals surface area (Å²) in [4.78, 5) is 12.8. The minimum Gasteiger partial charge on any atom is -0.393 e. The molecule has 0 aromatic heterocycles. The molecule has 0 saturated heterocycles. The minimum absolute atomic E-state index is 0.0738. The second-order valence-electron chi connectivity index (χ2n) is 13.6. The average molecular weight is 441 g/mol. The van der Waals surface area contributed by atoms with Crippen LogP contribution in [-0.4, -0.2) is 17.0 Å². The third-order valence-corrected chi connectivity index (χ3v) is 11.4. The lowest BCUT2D eigenvalue weighted by atomic mass is 9.41. The van der Waals surface area contributed by atoms with E-state index in [-0.39, 0.29) is 27.8 Å². The number of allylic oxidation sites excluding steroid dienone is 4. The molecule has 4 aliphatic rings. The fourth-order valence-electron chi connectivity index (χ4n) is 9.44. The highest BCUT2D eigenvalue weighted by molar-refractivity contribution is 5.85. The Kier molecular flexibility index (Phi) is 5.93. The van der Waals surface area contributed by atoms with Gasteiger partial charge in [0, 0.05) is 11.8 Å². The number of carbonyl (C=O) groups is 1. The van der Waals surface area contributed by atoms with Crippen molar-refractivity contribution in [3.8, 4) is 0 Å². The van der Waals surface area contributed by atoms with E-state index in [2.05, 4.69) is 67.5 Å². The van der Waals surface area contributed by atoms with Crippen molar-refractivity contribution in [1.82, 2.24) is 0 Å². The number of carbonyl (C=O) groups excluding carboxylic acids is 1. The van der Waals surface area contributed by atoms with Gasteiger partial charge < -0.3 is 5.11 Å². The molecule has 0 spiro atoms. The summed E-state index contributed by atoms with van der Waals surface area (Å²) >= 11 is 0. The van der Waals surface area contributed by atoms with Crippen LogP contribution < -0.4 is 0 Å². The van der Waals surface area contributed by atoms with Crippen LogP contribution in [0.1, 0.15) is 107 Å². The number of fused-ring (bicyclic) bond motifs is 5. The fourth-order valence-corrected chi connectivity index (χ4v) is 9.44. The minimum atomic E-state index is -0.214. The van der Waals surface area contributed by atoms with Gasteiger partial charge in [-0.3, -0.25) is 4.79 Å². The first-order valence-corrected chi connectivity index (χ1v) is 13.3. The summed E-state index contributed by atoms with van der Waals surface area (Å²) < 4.78 is 0. The molecule has 8 atom stereocenters. The lowest BCUT2D eigenvalue weighted by molar-refractivity contribution is -0.146.